The Labute approximate surface area is 160 Å². The van der Waals surface area contributed by atoms with Crippen LogP contribution in [0.5, 0.6) is 11.5 Å². The molecule has 1 heterocycles. The predicted molar refractivity (Wildman–Crippen MR) is 102 cm³/mol. The monoisotopic (exact) mass is 382 g/mol. The minimum absolute atomic E-state index is 0.0617. The first-order chi connectivity index (χ1) is 13.0. The van der Waals surface area contributed by atoms with Crippen LogP contribution >= 0.6 is 11.3 Å². The van der Waals surface area contributed by atoms with E-state index in [4.69, 9.17) is 9.47 Å². The molecule has 0 fully saturated rings. The summed E-state index contributed by atoms with van der Waals surface area (Å²) < 4.78 is 10.3. The molecule has 3 rings (SSSR count). The Kier molecular flexibility index (Phi) is 5.42. The van der Waals surface area contributed by atoms with Gasteiger partial charge in [-0.1, -0.05) is 24.3 Å². The maximum atomic E-state index is 12.6. The van der Waals surface area contributed by atoms with Crippen molar-refractivity contribution in [1.82, 2.24) is 0 Å². The zero-order valence-corrected chi connectivity index (χ0v) is 15.5. The van der Waals surface area contributed by atoms with Crippen molar-refractivity contribution in [3.8, 4) is 22.6 Å². The molecular weight excluding hydrogens is 366 g/mol. The Bertz CT molecular complexity index is 978. The highest BCUT2D eigenvalue weighted by Gasteiger charge is 2.19. The van der Waals surface area contributed by atoms with Crippen molar-refractivity contribution >= 4 is 28.2 Å². The Balaban J connectivity index is 1.95. The van der Waals surface area contributed by atoms with Crippen molar-refractivity contribution in [2.75, 3.05) is 19.5 Å². The van der Waals surface area contributed by atoms with Crippen LogP contribution in [0.15, 0.2) is 53.9 Å². The molecule has 3 aromatic rings. The Morgan fingerprint density at radius 1 is 1.00 bits per heavy atom. The first-order valence-corrected chi connectivity index (χ1v) is 8.84. The van der Waals surface area contributed by atoms with Crippen molar-refractivity contribution in [2.24, 2.45) is 0 Å². The van der Waals surface area contributed by atoms with Crippen molar-refractivity contribution in [3.63, 3.8) is 0 Å². The molecule has 0 saturated carbocycles. The van der Waals surface area contributed by atoms with Crippen LogP contribution in [0.25, 0.3) is 11.1 Å². The molecule has 1 amide bonds. The molecule has 0 aliphatic carbocycles. The molecule has 7 heteroatoms. The first-order valence-electron chi connectivity index (χ1n) is 7.96. The van der Waals surface area contributed by atoms with Crippen LogP contribution in [0.3, 0.4) is 0 Å². The summed E-state index contributed by atoms with van der Waals surface area (Å²) >= 11 is 1.12. The van der Waals surface area contributed by atoms with E-state index in [0.29, 0.717) is 28.2 Å². The molecule has 0 bridgehead atoms. The fraction of sp³-hybridized carbons (Fsp3) is 0.100. The van der Waals surface area contributed by atoms with Gasteiger partial charge in [0.05, 0.1) is 25.8 Å². The topological polar surface area (TPSA) is 87.7 Å². The van der Waals surface area contributed by atoms with Crippen LogP contribution in [-0.2, 0) is 0 Å². The number of rotatable bonds is 6. The van der Waals surface area contributed by atoms with Crippen molar-refractivity contribution in [3.05, 3.63) is 65.0 Å². The standard InChI is InChI=1S/C20H17NO5S/c1-25-13-9-7-12(8-10-13)15-11-27-19(17(15)20(23)24)21-18(22)14-5-3-4-6-16(14)26-2/h3-11H,1-2H3,(H,21,22)(H,23,24)/p-1. The Morgan fingerprint density at radius 2 is 1.70 bits per heavy atom. The summed E-state index contributed by atoms with van der Waals surface area (Å²) in [5.74, 6) is -0.763. The Hall–Kier alpha value is -3.32. The quantitative estimate of drug-likeness (QED) is 0.708. The van der Waals surface area contributed by atoms with Gasteiger partial charge in [-0.2, -0.15) is 0 Å². The van der Waals surface area contributed by atoms with Crippen LogP contribution < -0.4 is 19.9 Å². The number of hydrogen-bond donors (Lipinski definition) is 1. The van der Waals surface area contributed by atoms with Gasteiger partial charge in [0.25, 0.3) is 5.91 Å². The summed E-state index contributed by atoms with van der Waals surface area (Å²) in [5, 5.41) is 16.3. The highest BCUT2D eigenvalue weighted by atomic mass is 32.1. The average molecular weight is 382 g/mol. The van der Waals surface area contributed by atoms with E-state index < -0.39 is 11.9 Å². The number of carbonyl (C=O) groups excluding carboxylic acids is 2. The van der Waals surface area contributed by atoms with E-state index in [0.717, 1.165) is 11.3 Å². The van der Waals surface area contributed by atoms with Crippen molar-refractivity contribution < 1.29 is 24.2 Å². The highest BCUT2D eigenvalue weighted by Crippen LogP contribution is 2.36. The lowest BCUT2D eigenvalue weighted by Gasteiger charge is -2.12. The molecule has 0 radical (unpaired) electrons. The molecule has 1 N–H and O–H groups in total. The third-order valence-electron chi connectivity index (χ3n) is 3.97. The van der Waals surface area contributed by atoms with E-state index >= 15 is 0 Å². The number of thiophene rings is 1. The van der Waals surface area contributed by atoms with Crippen LogP contribution in [0, 0.1) is 0 Å². The van der Waals surface area contributed by atoms with E-state index in [2.05, 4.69) is 5.32 Å². The van der Waals surface area contributed by atoms with Gasteiger partial charge in [-0.05, 0) is 29.8 Å². The minimum Gasteiger partial charge on any atom is -0.545 e. The lowest BCUT2D eigenvalue weighted by atomic mass is 10.0. The number of benzene rings is 2. The molecule has 2 aromatic carbocycles. The number of carboxylic acid groups (broad SMARTS) is 1. The van der Waals surface area contributed by atoms with Gasteiger partial charge in [0, 0.05) is 16.5 Å². The van der Waals surface area contributed by atoms with E-state index in [1.54, 1.807) is 61.0 Å². The largest absolute Gasteiger partial charge is 0.545 e. The molecule has 0 aliphatic heterocycles. The number of ether oxygens (including phenoxy) is 2. The lowest BCUT2D eigenvalue weighted by Crippen LogP contribution is -2.24. The maximum absolute atomic E-state index is 12.6. The van der Waals surface area contributed by atoms with Gasteiger partial charge in [0.15, 0.2) is 0 Å². The number of methoxy groups -OCH3 is 2. The van der Waals surface area contributed by atoms with Crippen LogP contribution in [-0.4, -0.2) is 26.1 Å². The molecule has 0 aliphatic rings. The van der Waals surface area contributed by atoms with Gasteiger partial charge in [-0.25, -0.2) is 0 Å². The number of carbonyl (C=O) groups is 2. The number of aromatic carboxylic acids is 1. The fourth-order valence-electron chi connectivity index (χ4n) is 2.64. The van der Waals surface area contributed by atoms with E-state index in [9.17, 15) is 14.7 Å². The van der Waals surface area contributed by atoms with E-state index in [1.807, 2.05) is 0 Å². The molecular formula is C20H16NO5S-. The summed E-state index contributed by atoms with van der Waals surface area (Å²) in [6.07, 6.45) is 0. The van der Waals surface area contributed by atoms with E-state index in [-0.39, 0.29) is 10.6 Å². The molecule has 1 aromatic heterocycles. The lowest BCUT2D eigenvalue weighted by molar-refractivity contribution is -0.254. The number of carboxylic acids is 1. The number of hydrogen-bond acceptors (Lipinski definition) is 6. The van der Waals surface area contributed by atoms with Gasteiger partial charge in [0.1, 0.15) is 16.5 Å². The summed E-state index contributed by atoms with van der Waals surface area (Å²) in [5.41, 5.74) is 1.40. The first kappa shape index (κ1) is 18.5. The summed E-state index contributed by atoms with van der Waals surface area (Å²) in [7, 11) is 3.02. The fourth-order valence-corrected chi connectivity index (χ4v) is 3.59. The molecule has 0 spiro atoms. The zero-order chi connectivity index (χ0) is 19.4. The molecule has 0 unspecified atom stereocenters. The Morgan fingerprint density at radius 3 is 2.33 bits per heavy atom. The number of nitrogens with one attached hydrogen (secondary N) is 1. The van der Waals surface area contributed by atoms with Gasteiger partial charge < -0.3 is 24.7 Å². The number of amides is 1. The maximum Gasteiger partial charge on any atom is 0.260 e. The van der Waals surface area contributed by atoms with Gasteiger partial charge in [-0.15, -0.1) is 11.3 Å². The SMILES string of the molecule is COc1ccc(-c2csc(NC(=O)c3ccccc3OC)c2C(=O)[O-])cc1. The summed E-state index contributed by atoms with van der Waals surface area (Å²) in [4.78, 5) is 24.3. The van der Waals surface area contributed by atoms with Gasteiger partial charge in [-0.3, -0.25) is 4.79 Å². The zero-order valence-electron chi connectivity index (χ0n) is 14.6. The highest BCUT2D eigenvalue weighted by molar-refractivity contribution is 7.15. The number of anilines is 1. The summed E-state index contributed by atoms with van der Waals surface area (Å²) in [6, 6.07) is 13.7. The second-order valence-corrected chi connectivity index (χ2v) is 6.40. The van der Waals surface area contributed by atoms with Crippen molar-refractivity contribution in [2.45, 2.75) is 0 Å². The van der Waals surface area contributed by atoms with Crippen LogP contribution in [0.1, 0.15) is 20.7 Å². The number of para-hydroxylation sites is 1. The second-order valence-electron chi connectivity index (χ2n) is 5.52. The molecule has 138 valence electrons. The van der Waals surface area contributed by atoms with Gasteiger partial charge in [0.2, 0.25) is 0 Å². The van der Waals surface area contributed by atoms with Crippen LogP contribution in [0.4, 0.5) is 5.00 Å². The summed E-state index contributed by atoms with van der Waals surface area (Å²) in [6.45, 7) is 0. The second kappa shape index (κ2) is 7.92. The van der Waals surface area contributed by atoms with E-state index in [1.165, 1.54) is 7.11 Å². The normalized spacial score (nSPS) is 10.3. The molecule has 6 nitrogen and oxygen atoms in total. The van der Waals surface area contributed by atoms with Gasteiger partial charge >= 0.3 is 0 Å². The molecule has 27 heavy (non-hydrogen) atoms. The average Bonchev–Trinajstić information content (AvgIpc) is 3.11. The third kappa shape index (κ3) is 3.78. The molecule has 0 saturated heterocycles. The minimum atomic E-state index is -1.36. The molecule has 0 atom stereocenters. The smallest absolute Gasteiger partial charge is 0.260 e. The third-order valence-corrected chi connectivity index (χ3v) is 4.87. The van der Waals surface area contributed by atoms with Crippen molar-refractivity contribution in [1.29, 1.82) is 0 Å². The predicted octanol–water partition coefficient (Wildman–Crippen LogP) is 3.05. The van der Waals surface area contributed by atoms with Crippen LogP contribution in [0.2, 0.25) is 0 Å².